The van der Waals surface area contributed by atoms with Crippen LogP contribution in [0.4, 0.5) is 17.5 Å². The Kier molecular flexibility index (Phi) is 6.35. The number of aliphatic hydroxyl groups is 1. The van der Waals surface area contributed by atoms with Crippen LogP contribution in [0.3, 0.4) is 0 Å². The number of para-hydroxylation sites is 2. The van der Waals surface area contributed by atoms with E-state index in [1.54, 1.807) is 0 Å². The standard InChI is InChI=1S/C18H20N4O.ClH/c1-13-7-2-4-9-15(13)20-18-21-16-10-5-3-8-14(16)17(22-18)19-11-6-12-23;/h2-5,7-10,23H,6,11-12H2,1H3,(H2,19,20,21,22);1H. The quantitative estimate of drug-likeness (QED) is 0.592. The summed E-state index contributed by atoms with van der Waals surface area (Å²) in [7, 11) is 0. The third-order valence-electron chi connectivity index (χ3n) is 3.62. The van der Waals surface area contributed by atoms with Crippen LogP contribution in [0.15, 0.2) is 48.5 Å². The van der Waals surface area contributed by atoms with Crippen molar-refractivity contribution in [1.29, 1.82) is 0 Å². The van der Waals surface area contributed by atoms with Crippen molar-refractivity contribution in [2.45, 2.75) is 13.3 Å². The first-order valence-electron chi connectivity index (χ1n) is 7.72. The molecule has 0 aliphatic heterocycles. The van der Waals surface area contributed by atoms with Crippen molar-refractivity contribution in [3.8, 4) is 0 Å². The Morgan fingerprint density at radius 1 is 1.00 bits per heavy atom. The number of aliphatic hydroxyl groups excluding tert-OH is 1. The Bertz CT molecular complexity index is 810. The summed E-state index contributed by atoms with van der Waals surface area (Å²) in [5.74, 6) is 1.34. The van der Waals surface area contributed by atoms with Crippen LogP contribution >= 0.6 is 12.4 Å². The van der Waals surface area contributed by atoms with Gasteiger partial charge in [0, 0.05) is 24.2 Å². The number of nitrogens with one attached hydrogen (secondary N) is 2. The van der Waals surface area contributed by atoms with Crippen molar-refractivity contribution in [3.63, 3.8) is 0 Å². The number of anilines is 3. The molecule has 0 amide bonds. The molecule has 5 nitrogen and oxygen atoms in total. The molecule has 0 bridgehead atoms. The van der Waals surface area contributed by atoms with Gasteiger partial charge in [0.25, 0.3) is 0 Å². The first-order valence-corrected chi connectivity index (χ1v) is 7.72. The van der Waals surface area contributed by atoms with E-state index in [-0.39, 0.29) is 19.0 Å². The second-order valence-electron chi connectivity index (χ2n) is 5.36. The molecule has 3 N–H and O–H groups in total. The smallest absolute Gasteiger partial charge is 0.229 e. The highest BCUT2D eigenvalue weighted by Crippen LogP contribution is 2.24. The predicted octanol–water partition coefficient (Wildman–Crippen LogP) is 3.90. The molecule has 0 spiro atoms. The zero-order chi connectivity index (χ0) is 16.1. The van der Waals surface area contributed by atoms with Crippen LogP contribution in [0.5, 0.6) is 0 Å². The van der Waals surface area contributed by atoms with Crippen molar-refractivity contribution in [1.82, 2.24) is 9.97 Å². The van der Waals surface area contributed by atoms with Gasteiger partial charge in [0.15, 0.2) is 0 Å². The van der Waals surface area contributed by atoms with Gasteiger partial charge in [-0.1, -0.05) is 30.3 Å². The van der Waals surface area contributed by atoms with Gasteiger partial charge in [-0.05, 0) is 37.1 Å². The maximum Gasteiger partial charge on any atom is 0.229 e. The van der Waals surface area contributed by atoms with Gasteiger partial charge in [0.05, 0.1) is 5.52 Å². The van der Waals surface area contributed by atoms with Crippen LogP contribution in [0.2, 0.25) is 0 Å². The molecule has 1 aromatic heterocycles. The molecule has 0 saturated heterocycles. The summed E-state index contributed by atoms with van der Waals surface area (Å²) in [6, 6.07) is 15.9. The summed E-state index contributed by atoms with van der Waals surface area (Å²) in [5, 5.41) is 16.5. The summed E-state index contributed by atoms with van der Waals surface area (Å²) in [6.45, 7) is 2.87. The number of benzene rings is 2. The van der Waals surface area contributed by atoms with Crippen LogP contribution < -0.4 is 10.6 Å². The average Bonchev–Trinajstić information content (AvgIpc) is 2.57. The lowest BCUT2D eigenvalue weighted by Crippen LogP contribution is -2.08. The van der Waals surface area contributed by atoms with Crippen molar-refractivity contribution in [3.05, 3.63) is 54.1 Å². The first kappa shape index (κ1) is 18.0. The van der Waals surface area contributed by atoms with E-state index in [0.717, 1.165) is 28.0 Å². The van der Waals surface area contributed by atoms with Gasteiger partial charge in [-0.2, -0.15) is 4.98 Å². The molecule has 24 heavy (non-hydrogen) atoms. The highest BCUT2D eigenvalue weighted by atomic mass is 35.5. The second-order valence-corrected chi connectivity index (χ2v) is 5.36. The Morgan fingerprint density at radius 2 is 1.75 bits per heavy atom. The van der Waals surface area contributed by atoms with Gasteiger partial charge in [0.2, 0.25) is 5.95 Å². The van der Waals surface area contributed by atoms with E-state index in [2.05, 4.69) is 20.6 Å². The second kappa shape index (κ2) is 8.47. The maximum absolute atomic E-state index is 8.95. The lowest BCUT2D eigenvalue weighted by atomic mass is 10.2. The summed E-state index contributed by atoms with van der Waals surface area (Å²) in [4.78, 5) is 9.18. The number of fused-ring (bicyclic) bond motifs is 1. The molecule has 1 heterocycles. The van der Waals surface area contributed by atoms with Crippen molar-refractivity contribution in [2.24, 2.45) is 0 Å². The SMILES string of the molecule is Cc1ccccc1Nc1nc(NCCCO)c2ccccc2n1.Cl. The van der Waals surface area contributed by atoms with Gasteiger partial charge in [-0.25, -0.2) is 4.98 Å². The largest absolute Gasteiger partial charge is 0.396 e. The fraction of sp³-hybridized carbons (Fsp3) is 0.222. The molecule has 3 aromatic rings. The number of aromatic nitrogens is 2. The van der Waals surface area contributed by atoms with Crippen molar-refractivity contribution in [2.75, 3.05) is 23.8 Å². The minimum Gasteiger partial charge on any atom is -0.396 e. The molecule has 0 fully saturated rings. The predicted molar refractivity (Wildman–Crippen MR) is 101 cm³/mol. The normalized spacial score (nSPS) is 10.2. The number of nitrogens with zero attached hydrogens (tertiary/aromatic N) is 2. The summed E-state index contributed by atoms with van der Waals surface area (Å²) < 4.78 is 0. The van der Waals surface area contributed by atoms with Gasteiger partial charge in [0.1, 0.15) is 5.82 Å². The fourth-order valence-electron chi connectivity index (χ4n) is 2.39. The van der Waals surface area contributed by atoms with Gasteiger partial charge in [-0.15, -0.1) is 12.4 Å². The topological polar surface area (TPSA) is 70.1 Å². The molecule has 0 unspecified atom stereocenters. The maximum atomic E-state index is 8.95. The van der Waals surface area contributed by atoms with E-state index in [9.17, 15) is 0 Å². The van der Waals surface area contributed by atoms with Crippen molar-refractivity contribution >= 4 is 40.8 Å². The van der Waals surface area contributed by atoms with Crippen molar-refractivity contribution < 1.29 is 5.11 Å². The Labute approximate surface area is 147 Å². The molecule has 0 aliphatic carbocycles. The highest BCUT2D eigenvalue weighted by molar-refractivity contribution is 5.90. The number of hydrogen-bond donors (Lipinski definition) is 3. The first-order chi connectivity index (χ1) is 11.3. The Morgan fingerprint density at radius 3 is 2.54 bits per heavy atom. The van der Waals surface area contributed by atoms with Gasteiger partial charge >= 0.3 is 0 Å². The molecule has 0 saturated carbocycles. The van der Waals surface area contributed by atoms with Crippen LogP contribution in [0.25, 0.3) is 10.9 Å². The highest BCUT2D eigenvalue weighted by Gasteiger charge is 2.08. The van der Waals surface area contributed by atoms with Gasteiger partial charge in [-0.3, -0.25) is 0 Å². The van der Waals surface area contributed by atoms with Crippen LogP contribution in [0, 0.1) is 6.92 Å². The summed E-state index contributed by atoms with van der Waals surface area (Å²) in [6.07, 6.45) is 0.679. The lowest BCUT2D eigenvalue weighted by Gasteiger charge is -2.12. The number of hydrogen-bond acceptors (Lipinski definition) is 5. The molecular weight excluding hydrogens is 324 g/mol. The van der Waals surface area contributed by atoms with E-state index in [1.807, 2.05) is 55.5 Å². The van der Waals surface area contributed by atoms with Crippen LogP contribution in [-0.4, -0.2) is 28.2 Å². The minimum absolute atomic E-state index is 0. The average molecular weight is 345 g/mol. The third kappa shape index (κ3) is 4.13. The summed E-state index contributed by atoms with van der Waals surface area (Å²) in [5.41, 5.74) is 3.01. The number of rotatable bonds is 6. The zero-order valence-electron chi connectivity index (χ0n) is 13.5. The van der Waals surface area contributed by atoms with Gasteiger partial charge < -0.3 is 15.7 Å². The molecule has 0 atom stereocenters. The Hall–Kier alpha value is -2.37. The molecule has 3 rings (SSSR count). The monoisotopic (exact) mass is 344 g/mol. The molecule has 0 aliphatic rings. The lowest BCUT2D eigenvalue weighted by molar-refractivity contribution is 0.292. The van der Waals surface area contributed by atoms with E-state index in [4.69, 9.17) is 5.11 Å². The zero-order valence-corrected chi connectivity index (χ0v) is 14.3. The van der Waals surface area contributed by atoms with E-state index >= 15 is 0 Å². The number of aryl methyl sites for hydroxylation is 1. The Balaban J connectivity index is 0.00000208. The molecule has 2 aromatic carbocycles. The van der Waals surface area contributed by atoms with Crippen LogP contribution in [-0.2, 0) is 0 Å². The third-order valence-corrected chi connectivity index (χ3v) is 3.62. The molecule has 0 radical (unpaired) electrons. The molecule has 126 valence electrons. The van der Waals surface area contributed by atoms with E-state index in [0.29, 0.717) is 18.9 Å². The van der Waals surface area contributed by atoms with E-state index < -0.39 is 0 Å². The van der Waals surface area contributed by atoms with Crippen LogP contribution in [0.1, 0.15) is 12.0 Å². The molecule has 6 heteroatoms. The molecular formula is C18H21ClN4O. The number of halogens is 1. The minimum atomic E-state index is 0. The van der Waals surface area contributed by atoms with E-state index in [1.165, 1.54) is 0 Å². The fourth-order valence-corrected chi connectivity index (χ4v) is 2.39. The summed E-state index contributed by atoms with van der Waals surface area (Å²) >= 11 is 0.